The van der Waals surface area contributed by atoms with Crippen molar-refractivity contribution in [2.75, 3.05) is 20.2 Å². The first kappa shape index (κ1) is 11.2. The molecule has 0 amide bonds. The molecule has 5 heteroatoms. The van der Waals surface area contributed by atoms with E-state index in [-0.39, 0.29) is 12.1 Å². The monoisotopic (exact) mass is 224 g/mol. The normalized spacial score (nSPS) is 21.2. The van der Waals surface area contributed by atoms with Gasteiger partial charge in [-0.3, -0.25) is 4.90 Å². The molecule has 2 N–H and O–H groups in total. The highest BCUT2D eigenvalue weighted by atomic mass is 16.5. The molecule has 0 aliphatic carbocycles. The average molecular weight is 224 g/mol. The number of H-pyrrole nitrogens is 1. The number of rotatable bonds is 3. The Morgan fingerprint density at radius 2 is 2.56 bits per heavy atom. The van der Waals surface area contributed by atoms with Crippen LogP contribution >= 0.6 is 0 Å². The van der Waals surface area contributed by atoms with Crippen LogP contribution in [0.3, 0.4) is 0 Å². The molecule has 1 aromatic heterocycles. The van der Waals surface area contributed by atoms with Crippen LogP contribution in [0.1, 0.15) is 22.5 Å². The van der Waals surface area contributed by atoms with Crippen molar-refractivity contribution in [2.45, 2.75) is 19.1 Å². The summed E-state index contributed by atoms with van der Waals surface area (Å²) in [7, 11) is 1.36. The van der Waals surface area contributed by atoms with Crippen LogP contribution in [0.25, 0.3) is 0 Å². The maximum absolute atomic E-state index is 11.2. The lowest BCUT2D eigenvalue weighted by Gasteiger charge is -2.12. The largest absolute Gasteiger partial charge is 0.464 e. The number of hydrogen-bond donors (Lipinski definition) is 2. The van der Waals surface area contributed by atoms with Gasteiger partial charge in [-0.2, -0.15) is 0 Å². The molecule has 0 spiro atoms. The Kier molecular flexibility index (Phi) is 3.26. The second kappa shape index (κ2) is 4.67. The highest BCUT2D eigenvalue weighted by Gasteiger charge is 2.20. The summed E-state index contributed by atoms with van der Waals surface area (Å²) in [5.74, 6) is -0.354. The van der Waals surface area contributed by atoms with Gasteiger partial charge in [-0.25, -0.2) is 4.79 Å². The Balaban J connectivity index is 1.95. The van der Waals surface area contributed by atoms with E-state index in [1.807, 2.05) is 0 Å². The number of hydrogen-bond acceptors (Lipinski definition) is 4. The Morgan fingerprint density at radius 3 is 3.19 bits per heavy atom. The van der Waals surface area contributed by atoms with Gasteiger partial charge in [0, 0.05) is 25.8 Å². The van der Waals surface area contributed by atoms with E-state index in [1.165, 1.54) is 7.11 Å². The molecule has 0 bridgehead atoms. The molecule has 1 aliphatic rings. The molecule has 2 heterocycles. The van der Waals surface area contributed by atoms with E-state index >= 15 is 0 Å². The zero-order chi connectivity index (χ0) is 11.5. The van der Waals surface area contributed by atoms with Gasteiger partial charge in [0.2, 0.25) is 0 Å². The fourth-order valence-electron chi connectivity index (χ4n) is 1.97. The molecule has 5 nitrogen and oxygen atoms in total. The molecule has 1 atom stereocenters. The Hall–Kier alpha value is -1.33. The lowest BCUT2D eigenvalue weighted by Crippen LogP contribution is -2.21. The third-order valence-corrected chi connectivity index (χ3v) is 2.80. The summed E-state index contributed by atoms with van der Waals surface area (Å²) in [6.45, 7) is 2.36. The molecular formula is C11H16N2O3. The molecule has 2 rings (SSSR count). The van der Waals surface area contributed by atoms with Gasteiger partial charge in [0.1, 0.15) is 5.69 Å². The Labute approximate surface area is 94.0 Å². The number of ether oxygens (including phenoxy) is 1. The molecule has 1 fully saturated rings. The third-order valence-electron chi connectivity index (χ3n) is 2.80. The number of methoxy groups -OCH3 is 1. The SMILES string of the molecule is COC(=O)c1cc(CN2CC[C@H](O)C2)c[nH]1. The van der Waals surface area contributed by atoms with E-state index in [0.29, 0.717) is 12.2 Å². The number of aromatic amines is 1. The lowest BCUT2D eigenvalue weighted by atomic mass is 10.3. The van der Waals surface area contributed by atoms with Crippen LogP contribution in [0.4, 0.5) is 0 Å². The molecular weight excluding hydrogens is 208 g/mol. The Morgan fingerprint density at radius 1 is 1.75 bits per heavy atom. The van der Waals surface area contributed by atoms with Crippen molar-refractivity contribution in [1.82, 2.24) is 9.88 Å². The maximum Gasteiger partial charge on any atom is 0.354 e. The van der Waals surface area contributed by atoms with Crippen molar-refractivity contribution in [3.05, 3.63) is 23.5 Å². The van der Waals surface area contributed by atoms with Crippen molar-refractivity contribution in [2.24, 2.45) is 0 Å². The topological polar surface area (TPSA) is 65.6 Å². The number of nitrogens with zero attached hydrogens (tertiary/aromatic N) is 1. The van der Waals surface area contributed by atoms with Crippen LogP contribution in [0.15, 0.2) is 12.3 Å². The van der Waals surface area contributed by atoms with Gasteiger partial charge in [0.25, 0.3) is 0 Å². The summed E-state index contributed by atoms with van der Waals surface area (Å²) in [6.07, 6.45) is 2.42. The number of aliphatic hydroxyl groups is 1. The molecule has 0 aromatic carbocycles. The van der Waals surface area contributed by atoms with Crippen molar-refractivity contribution >= 4 is 5.97 Å². The molecule has 1 aromatic rings. The number of carbonyl (C=O) groups is 1. The number of aliphatic hydroxyl groups excluding tert-OH is 1. The first-order chi connectivity index (χ1) is 7.69. The van der Waals surface area contributed by atoms with Crippen LogP contribution in [-0.2, 0) is 11.3 Å². The van der Waals surface area contributed by atoms with Crippen LogP contribution in [-0.4, -0.2) is 47.3 Å². The van der Waals surface area contributed by atoms with Gasteiger partial charge in [0.15, 0.2) is 0 Å². The third kappa shape index (κ3) is 2.43. The molecule has 0 radical (unpaired) electrons. The number of nitrogens with one attached hydrogen (secondary N) is 1. The van der Waals surface area contributed by atoms with Crippen LogP contribution in [0.2, 0.25) is 0 Å². The molecule has 1 aliphatic heterocycles. The van der Waals surface area contributed by atoms with E-state index in [4.69, 9.17) is 0 Å². The summed E-state index contributed by atoms with van der Waals surface area (Å²) >= 11 is 0. The average Bonchev–Trinajstić information content (AvgIpc) is 2.87. The molecule has 0 saturated carbocycles. The van der Waals surface area contributed by atoms with Crippen LogP contribution < -0.4 is 0 Å². The van der Waals surface area contributed by atoms with Gasteiger partial charge >= 0.3 is 5.97 Å². The van der Waals surface area contributed by atoms with Crippen molar-refractivity contribution in [1.29, 1.82) is 0 Å². The highest BCUT2D eigenvalue weighted by Crippen LogP contribution is 2.14. The van der Waals surface area contributed by atoms with Gasteiger partial charge in [-0.15, -0.1) is 0 Å². The molecule has 1 saturated heterocycles. The minimum Gasteiger partial charge on any atom is -0.464 e. The van der Waals surface area contributed by atoms with Gasteiger partial charge in [-0.05, 0) is 18.1 Å². The summed E-state index contributed by atoms with van der Waals surface area (Å²) in [4.78, 5) is 16.2. The minimum atomic E-state index is -0.354. The Bertz CT molecular complexity index is 375. The van der Waals surface area contributed by atoms with E-state index in [1.54, 1.807) is 12.3 Å². The number of carbonyl (C=O) groups excluding carboxylic acids is 1. The summed E-state index contributed by atoms with van der Waals surface area (Å²) in [6, 6.07) is 1.79. The number of likely N-dealkylation sites (tertiary alicyclic amines) is 1. The van der Waals surface area contributed by atoms with Gasteiger partial charge in [0.05, 0.1) is 13.2 Å². The fourth-order valence-corrected chi connectivity index (χ4v) is 1.97. The van der Waals surface area contributed by atoms with Crippen LogP contribution in [0, 0.1) is 0 Å². The first-order valence-electron chi connectivity index (χ1n) is 5.35. The van der Waals surface area contributed by atoms with E-state index < -0.39 is 0 Å². The minimum absolute atomic E-state index is 0.209. The maximum atomic E-state index is 11.2. The summed E-state index contributed by atoms with van der Waals surface area (Å²) in [5, 5.41) is 9.39. The number of aromatic nitrogens is 1. The number of β-amino-alcohol motifs (C(OH)–C–C–N with tert-alkyl or cyclic N) is 1. The predicted molar refractivity (Wildman–Crippen MR) is 58.0 cm³/mol. The molecule has 16 heavy (non-hydrogen) atoms. The summed E-state index contributed by atoms with van der Waals surface area (Å²) < 4.78 is 4.61. The smallest absolute Gasteiger partial charge is 0.354 e. The van der Waals surface area contributed by atoms with E-state index in [0.717, 1.165) is 25.1 Å². The van der Waals surface area contributed by atoms with Gasteiger partial charge in [-0.1, -0.05) is 0 Å². The standard InChI is InChI=1S/C11H16N2O3/c1-16-11(15)10-4-8(5-12-10)6-13-3-2-9(14)7-13/h4-5,9,12,14H,2-3,6-7H2,1H3/t9-/m0/s1. The lowest BCUT2D eigenvalue weighted by molar-refractivity contribution is 0.0594. The van der Waals surface area contributed by atoms with E-state index in [9.17, 15) is 9.90 Å². The van der Waals surface area contributed by atoms with Gasteiger partial charge < -0.3 is 14.8 Å². The number of esters is 1. The highest BCUT2D eigenvalue weighted by molar-refractivity contribution is 5.87. The zero-order valence-corrected chi connectivity index (χ0v) is 9.27. The van der Waals surface area contributed by atoms with Crippen molar-refractivity contribution in [3.8, 4) is 0 Å². The van der Waals surface area contributed by atoms with Crippen molar-refractivity contribution < 1.29 is 14.6 Å². The molecule has 88 valence electrons. The summed E-state index contributed by atoms with van der Waals surface area (Å²) in [5.41, 5.74) is 1.51. The second-order valence-corrected chi connectivity index (χ2v) is 4.09. The second-order valence-electron chi connectivity index (χ2n) is 4.09. The quantitative estimate of drug-likeness (QED) is 0.728. The van der Waals surface area contributed by atoms with E-state index in [2.05, 4.69) is 14.6 Å². The zero-order valence-electron chi connectivity index (χ0n) is 9.27. The fraction of sp³-hybridized carbons (Fsp3) is 0.545. The molecule has 0 unspecified atom stereocenters. The van der Waals surface area contributed by atoms with Crippen LogP contribution in [0.5, 0.6) is 0 Å². The predicted octanol–water partition coefficient (Wildman–Crippen LogP) is 0.368. The van der Waals surface area contributed by atoms with Crippen molar-refractivity contribution in [3.63, 3.8) is 0 Å². The first-order valence-corrected chi connectivity index (χ1v) is 5.35.